The molecule has 0 aliphatic heterocycles. The third-order valence-electron chi connectivity index (χ3n) is 3.23. The smallest absolute Gasteiger partial charge is 0.00948 e. The van der Waals surface area contributed by atoms with Gasteiger partial charge in [0.15, 0.2) is 0 Å². The second-order valence-electron chi connectivity index (χ2n) is 4.51. The molecule has 0 bridgehead atoms. The Morgan fingerprint density at radius 2 is 2.15 bits per heavy atom. The first-order valence-electron chi connectivity index (χ1n) is 5.59. The molecule has 2 heteroatoms. The fourth-order valence-corrected chi connectivity index (χ4v) is 2.27. The van der Waals surface area contributed by atoms with E-state index < -0.39 is 0 Å². The molecule has 0 saturated heterocycles. The van der Waals surface area contributed by atoms with Crippen LogP contribution in [0.5, 0.6) is 0 Å². The summed E-state index contributed by atoms with van der Waals surface area (Å²) < 4.78 is 0. The van der Waals surface area contributed by atoms with Crippen LogP contribution in [0.4, 0.5) is 0 Å². The molecule has 13 heavy (non-hydrogen) atoms. The van der Waals surface area contributed by atoms with E-state index in [4.69, 9.17) is 0 Å². The van der Waals surface area contributed by atoms with Crippen LogP contribution >= 0.6 is 0 Å². The van der Waals surface area contributed by atoms with Crippen molar-refractivity contribution in [1.29, 1.82) is 0 Å². The summed E-state index contributed by atoms with van der Waals surface area (Å²) in [6, 6.07) is 0.867. The van der Waals surface area contributed by atoms with Gasteiger partial charge in [0.05, 0.1) is 0 Å². The van der Waals surface area contributed by atoms with Crippen LogP contribution in [0.2, 0.25) is 0 Å². The Balaban J connectivity index is 2.12. The largest absolute Gasteiger partial charge is 0.320 e. The van der Waals surface area contributed by atoms with Gasteiger partial charge in [0.25, 0.3) is 0 Å². The van der Waals surface area contributed by atoms with Gasteiger partial charge in [-0.1, -0.05) is 6.92 Å². The summed E-state index contributed by atoms with van der Waals surface area (Å²) >= 11 is 0. The zero-order valence-electron chi connectivity index (χ0n) is 9.34. The molecular weight excluding hydrogens is 160 g/mol. The second-order valence-corrected chi connectivity index (χ2v) is 4.51. The molecule has 0 aromatic carbocycles. The van der Waals surface area contributed by atoms with Crippen LogP contribution in [0.25, 0.3) is 0 Å². The van der Waals surface area contributed by atoms with E-state index in [-0.39, 0.29) is 0 Å². The molecule has 0 amide bonds. The molecular formula is C11H24N2. The number of nitrogens with one attached hydrogen (secondary N) is 1. The number of nitrogens with zero attached hydrogens (tertiary/aromatic N) is 1. The van der Waals surface area contributed by atoms with Crippen LogP contribution in [0.1, 0.15) is 32.6 Å². The van der Waals surface area contributed by atoms with Gasteiger partial charge in [-0.05, 0) is 58.8 Å². The van der Waals surface area contributed by atoms with Crippen LogP contribution in [0.3, 0.4) is 0 Å². The predicted molar refractivity (Wildman–Crippen MR) is 58.0 cm³/mol. The summed E-state index contributed by atoms with van der Waals surface area (Å²) in [5.41, 5.74) is 0. The lowest BCUT2D eigenvalue weighted by molar-refractivity contribution is 0.238. The van der Waals surface area contributed by atoms with E-state index in [1.807, 2.05) is 7.05 Å². The first-order valence-corrected chi connectivity index (χ1v) is 5.59. The van der Waals surface area contributed by atoms with E-state index in [0.29, 0.717) is 0 Å². The van der Waals surface area contributed by atoms with Gasteiger partial charge in [-0.2, -0.15) is 0 Å². The van der Waals surface area contributed by atoms with Gasteiger partial charge in [0, 0.05) is 6.04 Å². The topological polar surface area (TPSA) is 15.3 Å². The Kier molecular flexibility index (Phi) is 4.74. The molecule has 2 unspecified atom stereocenters. The Morgan fingerprint density at radius 3 is 2.69 bits per heavy atom. The van der Waals surface area contributed by atoms with Crippen molar-refractivity contribution in [3.05, 3.63) is 0 Å². The highest BCUT2D eigenvalue weighted by molar-refractivity contribution is 4.79. The lowest BCUT2D eigenvalue weighted by atomic mass is 10.1. The van der Waals surface area contributed by atoms with Gasteiger partial charge in [-0.15, -0.1) is 0 Å². The standard InChI is InChI=1S/C11H24N2/c1-10-5-6-11(9-10)13(3)8-4-7-12-2/h10-12H,4-9H2,1-3H3. The van der Waals surface area contributed by atoms with Crippen LogP contribution < -0.4 is 5.32 Å². The highest BCUT2D eigenvalue weighted by Crippen LogP contribution is 2.27. The first-order chi connectivity index (χ1) is 6.24. The number of hydrogen-bond acceptors (Lipinski definition) is 2. The summed E-state index contributed by atoms with van der Waals surface area (Å²) in [6.07, 6.45) is 5.53. The van der Waals surface area contributed by atoms with Gasteiger partial charge in [-0.3, -0.25) is 0 Å². The number of rotatable bonds is 5. The SMILES string of the molecule is CNCCCN(C)C1CCC(C)C1. The van der Waals surface area contributed by atoms with Gasteiger partial charge in [0.1, 0.15) is 0 Å². The fraction of sp³-hybridized carbons (Fsp3) is 1.00. The zero-order valence-corrected chi connectivity index (χ0v) is 9.34. The van der Waals surface area contributed by atoms with E-state index in [1.54, 1.807) is 0 Å². The van der Waals surface area contributed by atoms with Crippen LogP contribution in [0.15, 0.2) is 0 Å². The Morgan fingerprint density at radius 1 is 1.38 bits per heavy atom. The van der Waals surface area contributed by atoms with E-state index in [2.05, 4.69) is 24.2 Å². The maximum absolute atomic E-state index is 3.20. The maximum atomic E-state index is 3.20. The molecule has 78 valence electrons. The fourth-order valence-electron chi connectivity index (χ4n) is 2.27. The highest BCUT2D eigenvalue weighted by atomic mass is 15.1. The van der Waals surface area contributed by atoms with Crippen molar-refractivity contribution in [3.63, 3.8) is 0 Å². The molecule has 2 atom stereocenters. The minimum Gasteiger partial charge on any atom is -0.320 e. The zero-order chi connectivity index (χ0) is 9.68. The normalized spacial score (nSPS) is 28.6. The van der Waals surface area contributed by atoms with Gasteiger partial charge in [0.2, 0.25) is 0 Å². The predicted octanol–water partition coefficient (Wildman–Crippen LogP) is 1.72. The van der Waals surface area contributed by atoms with Gasteiger partial charge in [-0.25, -0.2) is 0 Å². The van der Waals surface area contributed by atoms with Crippen molar-refractivity contribution in [3.8, 4) is 0 Å². The average molecular weight is 184 g/mol. The van der Waals surface area contributed by atoms with Crippen molar-refractivity contribution >= 4 is 0 Å². The third-order valence-corrected chi connectivity index (χ3v) is 3.23. The quantitative estimate of drug-likeness (QED) is 0.654. The maximum Gasteiger partial charge on any atom is 0.00948 e. The van der Waals surface area contributed by atoms with Crippen molar-refractivity contribution in [2.75, 3.05) is 27.2 Å². The summed E-state index contributed by atoms with van der Waals surface area (Å²) in [4.78, 5) is 2.54. The van der Waals surface area contributed by atoms with Crippen LogP contribution in [-0.4, -0.2) is 38.1 Å². The molecule has 1 fully saturated rings. The van der Waals surface area contributed by atoms with Crippen molar-refractivity contribution in [1.82, 2.24) is 10.2 Å². The molecule has 1 aliphatic carbocycles. The van der Waals surface area contributed by atoms with E-state index in [9.17, 15) is 0 Å². The highest BCUT2D eigenvalue weighted by Gasteiger charge is 2.23. The summed E-state index contributed by atoms with van der Waals surface area (Å²) in [5.74, 6) is 0.955. The molecule has 0 heterocycles. The van der Waals surface area contributed by atoms with Crippen LogP contribution in [0, 0.1) is 5.92 Å². The van der Waals surface area contributed by atoms with Crippen LogP contribution in [-0.2, 0) is 0 Å². The lowest BCUT2D eigenvalue weighted by Gasteiger charge is -2.24. The number of hydrogen-bond donors (Lipinski definition) is 1. The van der Waals surface area contributed by atoms with E-state index >= 15 is 0 Å². The second kappa shape index (κ2) is 5.61. The lowest BCUT2D eigenvalue weighted by Crippen LogP contribution is -2.31. The average Bonchev–Trinajstić information content (AvgIpc) is 2.52. The molecule has 1 saturated carbocycles. The van der Waals surface area contributed by atoms with Crippen molar-refractivity contribution in [2.24, 2.45) is 5.92 Å². The molecule has 2 nitrogen and oxygen atoms in total. The van der Waals surface area contributed by atoms with Crippen molar-refractivity contribution in [2.45, 2.75) is 38.6 Å². The summed E-state index contributed by atoms with van der Waals surface area (Å²) in [7, 11) is 4.30. The molecule has 0 aromatic rings. The minimum atomic E-state index is 0.867. The van der Waals surface area contributed by atoms with Gasteiger partial charge >= 0.3 is 0 Å². The molecule has 1 rings (SSSR count). The Labute approximate surface area is 82.7 Å². The molecule has 0 radical (unpaired) electrons. The van der Waals surface area contributed by atoms with Gasteiger partial charge < -0.3 is 10.2 Å². The Hall–Kier alpha value is -0.0800. The Bertz CT molecular complexity index is 136. The molecule has 0 spiro atoms. The summed E-state index contributed by atoms with van der Waals surface area (Å²) in [6.45, 7) is 4.77. The first kappa shape index (κ1) is 11.0. The van der Waals surface area contributed by atoms with E-state index in [1.165, 1.54) is 32.2 Å². The molecule has 1 N–H and O–H groups in total. The monoisotopic (exact) mass is 184 g/mol. The molecule has 1 aliphatic rings. The third kappa shape index (κ3) is 3.65. The van der Waals surface area contributed by atoms with Crippen molar-refractivity contribution < 1.29 is 0 Å². The molecule has 0 aromatic heterocycles. The summed E-state index contributed by atoms with van der Waals surface area (Å²) in [5, 5.41) is 3.20. The minimum absolute atomic E-state index is 0.867. The van der Waals surface area contributed by atoms with E-state index in [0.717, 1.165) is 18.5 Å².